The fourth-order valence-electron chi connectivity index (χ4n) is 3.21. The van der Waals surface area contributed by atoms with Crippen LogP contribution in [0, 0.1) is 11.3 Å². The molecule has 1 unspecified atom stereocenters. The summed E-state index contributed by atoms with van der Waals surface area (Å²) in [6.07, 6.45) is 3.53. The first-order valence-electron chi connectivity index (χ1n) is 8.76. The third kappa shape index (κ3) is 3.87. The lowest BCUT2D eigenvalue weighted by atomic mass is 10.2. The van der Waals surface area contributed by atoms with Crippen molar-refractivity contribution in [3.8, 4) is 6.07 Å². The van der Waals surface area contributed by atoms with Gasteiger partial charge in [0.25, 0.3) is 5.91 Å². The molecule has 3 fully saturated rings. The van der Waals surface area contributed by atoms with Crippen molar-refractivity contribution in [3.05, 3.63) is 16.5 Å². The van der Waals surface area contributed by atoms with Gasteiger partial charge in [0.2, 0.25) is 17.5 Å². The highest BCUT2D eigenvalue weighted by molar-refractivity contribution is 8.26. The molecule has 3 aliphatic rings. The number of thioether (sulfide) groups is 1. The van der Waals surface area contributed by atoms with Crippen LogP contribution >= 0.6 is 24.0 Å². The molecule has 4 rings (SSSR count). The van der Waals surface area contributed by atoms with Gasteiger partial charge in [0.15, 0.2) is 0 Å². The van der Waals surface area contributed by atoms with Crippen LogP contribution < -0.4 is 4.90 Å². The molecule has 10 heteroatoms. The van der Waals surface area contributed by atoms with E-state index in [4.69, 9.17) is 26.1 Å². The Morgan fingerprint density at radius 1 is 1.37 bits per heavy atom. The molecule has 8 nitrogen and oxygen atoms in total. The van der Waals surface area contributed by atoms with Crippen molar-refractivity contribution in [3.63, 3.8) is 0 Å². The number of hydrogen-bond acceptors (Lipinski definition) is 9. The molecule has 3 aliphatic heterocycles. The Balaban J connectivity index is 1.53. The normalized spacial score (nSPS) is 24.9. The molecule has 0 bridgehead atoms. The molecule has 0 aliphatic carbocycles. The molecule has 3 saturated heterocycles. The Morgan fingerprint density at radius 3 is 2.89 bits per heavy atom. The van der Waals surface area contributed by atoms with Gasteiger partial charge in [0.05, 0.1) is 30.8 Å². The van der Waals surface area contributed by atoms with Crippen LogP contribution in [0.3, 0.4) is 0 Å². The lowest BCUT2D eigenvalue weighted by Gasteiger charge is -2.25. The van der Waals surface area contributed by atoms with E-state index in [0.29, 0.717) is 48.0 Å². The zero-order valence-corrected chi connectivity index (χ0v) is 16.2. The third-order valence-corrected chi connectivity index (χ3v) is 5.95. The van der Waals surface area contributed by atoms with Gasteiger partial charge in [0, 0.05) is 25.8 Å². The number of amides is 1. The number of ether oxygens (including phenoxy) is 2. The Morgan fingerprint density at radius 2 is 2.19 bits per heavy atom. The molecule has 0 saturated carbocycles. The van der Waals surface area contributed by atoms with E-state index in [-0.39, 0.29) is 23.6 Å². The maximum Gasteiger partial charge on any atom is 0.266 e. The molecule has 0 aromatic carbocycles. The largest absolute Gasteiger partial charge is 0.420 e. The minimum Gasteiger partial charge on any atom is -0.420 e. The summed E-state index contributed by atoms with van der Waals surface area (Å²) in [7, 11) is 0. The number of aromatic nitrogens is 1. The molecular formula is C17H18N4O4S2. The van der Waals surface area contributed by atoms with Gasteiger partial charge in [0.1, 0.15) is 10.4 Å². The summed E-state index contributed by atoms with van der Waals surface area (Å²) in [5, 5.41) is 9.35. The first kappa shape index (κ1) is 18.4. The highest BCUT2D eigenvalue weighted by atomic mass is 32.2. The van der Waals surface area contributed by atoms with Crippen molar-refractivity contribution in [1.29, 1.82) is 5.26 Å². The Kier molecular flexibility index (Phi) is 5.45. The molecule has 0 radical (unpaired) electrons. The lowest BCUT2D eigenvalue weighted by molar-refractivity contribution is -0.123. The number of carbonyl (C=O) groups is 1. The smallest absolute Gasteiger partial charge is 0.266 e. The SMILES string of the molecule is N#Cc1nc(C=C2SC(=S)N(CC3CCCO3)C2=O)oc1N1CCOCC1. The summed E-state index contributed by atoms with van der Waals surface area (Å²) < 4.78 is 17.2. The maximum atomic E-state index is 12.7. The van der Waals surface area contributed by atoms with E-state index in [2.05, 4.69) is 11.1 Å². The predicted octanol–water partition coefficient (Wildman–Crippen LogP) is 1.76. The fourth-order valence-corrected chi connectivity index (χ4v) is 4.44. The number of hydrogen-bond donors (Lipinski definition) is 0. The first-order chi connectivity index (χ1) is 13.2. The van der Waals surface area contributed by atoms with Crippen molar-refractivity contribution >= 4 is 46.2 Å². The molecule has 4 heterocycles. The number of oxazole rings is 1. The van der Waals surface area contributed by atoms with Gasteiger partial charge in [-0.15, -0.1) is 0 Å². The van der Waals surface area contributed by atoms with Gasteiger partial charge in [-0.2, -0.15) is 10.2 Å². The molecular weight excluding hydrogens is 388 g/mol. The number of anilines is 1. The fraction of sp³-hybridized carbons (Fsp3) is 0.529. The van der Waals surface area contributed by atoms with Crippen LogP contribution in [0.5, 0.6) is 0 Å². The summed E-state index contributed by atoms with van der Waals surface area (Å²) in [5.41, 5.74) is 0.206. The predicted molar refractivity (Wildman–Crippen MR) is 103 cm³/mol. The average molecular weight is 406 g/mol. The van der Waals surface area contributed by atoms with E-state index in [0.717, 1.165) is 19.4 Å². The second-order valence-electron chi connectivity index (χ2n) is 6.34. The molecule has 1 aromatic rings. The Hall–Kier alpha value is -1.93. The van der Waals surface area contributed by atoms with Crippen molar-refractivity contribution in [2.75, 3.05) is 44.4 Å². The molecule has 1 aromatic heterocycles. The maximum absolute atomic E-state index is 12.7. The summed E-state index contributed by atoms with van der Waals surface area (Å²) in [5.74, 6) is 0.470. The van der Waals surface area contributed by atoms with Gasteiger partial charge < -0.3 is 18.8 Å². The second kappa shape index (κ2) is 7.98. The van der Waals surface area contributed by atoms with Crippen LogP contribution in [0.4, 0.5) is 5.88 Å². The van der Waals surface area contributed by atoms with Gasteiger partial charge >= 0.3 is 0 Å². The van der Waals surface area contributed by atoms with Crippen molar-refractivity contribution < 1.29 is 18.7 Å². The lowest BCUT2D eigenvalue weighted by Crippen LogP contribution is -2.36. The number of thiocarbonyl (C=S) groups is 1. The van der Waals surface area contributed by atoms with Gasteiger partial charge in [-0.1, -0.05) is 24.0 Å². The van der Waals surface area contributed by atoms with Crippen LogP contribution in [-0.2, 0) is 14.3 Å². The summed E-state index contributed by atoms with van der Waals surface area (Å²) in [6, 6.07) is 2.05. The minimum atomic E-state index is -0.176. The third-order valence-electron chi connectivity index (χ3n) is 4.57. The van der Waals surface area contributed by atoms with Crippen LogP contribution in [0.1, 0.15) is 24.4 Å². The number of rotatable bonds is 4. The number of nitriles is 1. The first-order valence-corrected chi connectivity index (χ1v) is 9.99. The van der Waals surface area contributed by atoms with Crippen LogP contribution in [0.2, 0.25) is 0 Å². The van der Waals surface area contributed by atoms with Gasteiger partial charge in [-0.25, -0.2) is 0 Å². The summed E-state index contributed by atoms with van der Waals surface area (Å²) >= 11 is 6.56. The van der Waals surface area contributed by atoms with Crippen LogP contribution in [0.15, 0.2) is 9.32 Å². The number of nitrogens with zero attached hydrogens (tertiary/aromatic N) is 4. The quantitative estimate of drug-likeness (QED) is 0.548. The molecule has 1 atom stereocenters. The summed E-state index contributed by atoms with van der Waals surface area (Å²) in [4.78, 5) is 20.9. The van der Waals surface area contributed by atoms with Crippen LogP contribution in [-0.4, -0.2) is 65.7 Å². The molecule has 142 valence electrons. The molecule has 27 heavy (non-hydrogen) atoms. The summed E-state index contributed by atoms with van der Waals surface area (Å²) in [6.45, 7) is 3.61. The molecule has 0 spiro atoms. The van der Waals surface area contributed by atoms with E-state index in [9.17, 15) is 10.1 Å². The number of carbonyl (C=O) groups excluding carboxylic acids is 1. The zero-order chi connectivity index (χ0) is 18.8. The van der Waals surface area contributed by atoms with Crippen molar-refractivity contribution in [2.45, 2.75) is 18.9 Å². The van der Waals surface area contributed by atoms with E-state index < -0.39 is 0 Å². The average Bonchev–Trinajstić information content (AvgIpc) is 3.40. The van der Waals surface area contributed by atoms with E-state index in [1.54, 1.807) is 11.0 Å². The van der Waals surface area contributed by atoms with Crippen molar-refractivity contribution in [1.82, 2.24) is 9.88 Å². The van der Waals surface area contributed by atoms with E-state index in [1.807, 2.05) is 4.90 Å². The molecule has 0 N–H and O–H groups in total. The Bertz CT molecular complexity index is 819. The number of morpholine rings is 1. The van der Waals surface area contributed by atoms with Gasteiger partial charge in [-0.3, -0.25) is 9.69 Å². The molecule has 1 amide bonds. The van der Waals surface area contributed by atoms with E-state index >= 15 is 0 Å². The zero-order valence-electron chi connectivity index (χ0n) is 14.5. The van der Waals surface area contributed by atoms with Crippen molar-refractivity contribution in [2.24, 2.45) is 0 Å². The van der Waals surface area contributed by atoms with Gasteiger partial charge in [-0.05, 0) is 12.8 Å². The minimum absolute atomic E-state index is 0.0340. The van der Waals surface area contributed by atoms with E-state index in [1.165, 1.54) is 11.8 Å². The second-order valence-corrected chi connectivity index (χ2v) is 8.02. The highest BCUT2D eigenvalue weighted by Crippen LogP contribution is 2.34. The monoisotopic (exact) mass is 406 g/mol. The van der Waals surface area contributed by atoms with Crippen LogP contribution in [0.25, 0.3) is 6.08 Å². The Labute approximate surface area is 166 Å². The topological polar surface area (TPSA) is 91.8 Å². The highest BCUT2D eigenvalue weighted by Gasteiger charge is 2.35. The standard InChI is InChI=1S/C17H18N4O4S2/c18-9-12-16(20-3-6-23-7-4-20)25-14(19-12)8-13-15(22)21(17(26)27-13)10-11-2-1-5-24-11/h8,11H,1-7,10H2.